The van der Waals surface area contributed by atoms with Gasteiger partial charge in [-0.15, -0.1) is 0 Å². The summed E-state index contributed by atoms with van der Waals surface area (Å²) in [4.78, 5) is 29.9. The molecule has 2 aliphatic heterocycles. The van der Waals surface area contributed by atoms with Crippen LogP contribution in [0.25, 0.3) is 0 Å². The zero-order valence-electron chi connectivity index (χ0n) is 19.7. The van der Waals surface area contributed by atoms with Gasteiger partial charge in [0.2, 0.25) is 21.8 Å². The van der Waals surface area contributed by atoms with E-state index in [1.54, 1.807) is 36.4 Å². The van der Waals surface area contributed by atoms with E-state index in [1.165, 1.54) is 25.1 Å². The second-order valence-corrected chi connectivity index (χ2v) is 10.7. The Morgan fingerprint density at radius 1 is 1.12 bits per heavy atom. The first-order valence-corrected chi connectivity index (χ1v) is 12.8. The molecule has 2 aliphatic rings. The van der Waals surface area contributed by atoms with Crippen molar-refractivity contribution in [3.05, 3.63) is 42.5 Å². The number of anilines is 3. The number of fused-ring (bicyclic) bond motifs is 3. The molecule has 2 aromatic carbocycles. The average Bonchev–Trinajstić information content (AvgIpc) is 2.82. The van der Waals surface area contributed by atoms with Crippen LogP contribution in [0.4, 0.5) is 17.1 Å². The van der Waals surface area contributed by atoms with Gasteiger partial charge in [0.25, 0.3) is 0 Å². The molecule has 1 saturated heterocycles. The normalized spacial score (nSPS) is 17.9. The number of ether oxygens (including phenoxy) is 1. The van der Waals surface area contributed by atoms with Gasteiger partial charge in [0.1, 0.15) is 18.3 Å². The lowest BCUT2D eigenvalue weighted by molar-refractivity contribution is -0.123. The van der Waals surface area contributed by atoms with Gasteiger partial charge in [-0.25, -0.2) is 12.7 Å². The number of nitrogens with one attached hydrogen (secondary N) is 1. The molecule has 34 heavy (non-hydrogen) atoms. The molecule has 1 atom stereocenters. The Hall–Kier alpha value is -3.11. The Morgan fingerprint density at radius 2 is 1.85 bits per heavy atom. The minimum absolute atomic E-state index is 0.0800. The van der Waals surface area contributed by atoms with Crippen molar-refractivity contribution in [1.82, 2.24) is 4.31 Å². The van der Waals surface area contributed by atoms with E-state index in [0.717, 1.165) is 29.4 Å². The summed E-state index contributed by atoms with van der Waals surface area (Å²) in [6.07, 6.45) is 2.59. The van der Waals surface area contributed by atoms with Gasteiger partial charge in [-0.3, -0.25) is 14.5 Å². The van der Waals surface area contributed by atoms with E-state index in [4.69, 9.17) is 4.74 Å². The number of sulfonamides is 1. The topological polar surface area (TPSA) is 99.3 Å². The van der Waals surface area contributed by atoms with Crippen molar-refractivity contribution in [2.45, 2.75) is 37.1 Å². The Bertz CT molecular complexity index is 1180. The maximum Gasteiger partial charge on any atom is 0.250 e. The van der Waals surface area contributed by atoms with Crippen molar-refractivity contribution in [1.29, 1.82) is 0 Å². The van der Waals surface area contributed by atoms with Crippen LogP contribution in [0, 0.1) is 0 Å². The Kier molecular flexibility index (Phi) is 6.81. The van der Waals surface area contributed by atoms with Crippen molar-refractivity contribution >= 4 is 38.9 Å². The molecule has 0 aliphatic carbocycles. The van der Waals surface area contributed by atoms with Gasteiger partial charge in [-0.2, -0.15) is 0 Å². The predicted molar refractivity (Wildman–Crippen MR) is 131 cm³/mol. The molecule has 9 nitrogen and oxygen atoms in total. The number of hydrogen-bond donors (Lipinski definition) is 1. The van der Waals surface area contributed by atoms with E-state index in [2.05, 4.69) is 5.32 Å². The largest absolute Gasteiger partial charge is 0.494 e. The molecule has 2 aromatic rings. The molecule has 1 fully saturated rings. The molecule has 182 valence electrons. The molecule has 0 bridgehead atoms. The Labute approximate surface area is 200 Å². The average molecular weight is 487 g/mol. The zero-order chi connectivity index (χ0) is 24.5. The lowest BCUT2D eigenvalue weighted by atomic mass is 9.96. The number of nitrogens with zero attached hydrogens (tertiary/aromatic N) is 3. The second kappa shape index (κ2) is 9.63. The highest BCUT2D eigenvalue weighted by Crippen LogP contribution is 2.40. The summed E-state index contributed by atoms with van der Waals surface area (Å²) < 4.78 is 32.0. The fourth-order valence-corrected chi connectivity index (χ4v) is 5.34. The van der Waals surface area contributed by atoms with Gasteiger partial charge in [0.15, 0.2) is 0 Å². The molecular weight excluding hydrogens is 456 g/mol. The van der Waals surface area contributed by atoms with Crippen LogP contribution in [0.2, 0.25) is 0 Å². The second-order valence-electron chi connectivity index (χ2n) is 8.57. The van der Waals surface area contributed by atoms with Crippen molar-refractivity contribution < 1.29 is 22.7 Å². The lowest BCUT2D eigenvalue weighted by Gasteiger charge is -2.45. The number of benzene rings is 2. The highest BCUT2D eigenvalue weighted by Gasteiger charge is 2.40. The summed E-state index contributed by atoms with van der Waals surface area (Å²) in [7, 11) is -0.780. The first-order chi connectivity index (χ1) is 16.2. The van der Waals surface area contributed by atoms with Gasteiger partial charge in [-0.1, -0.05) is 0 Å². The number of carbonyl (C=O) groups excluding carboxylic acids is 2. The van der Waals surface area contributed by atoms with E-state index < -0.39 is 10.0 Å². The smallest absolute Gasteiger partial charge is 0.250 e. The highest BCUT2D eigenvalue weighted by molar-refractivity contribution is 7.89. The monoisotopic (exact) mass is 486 g/mol. The number of rotatable bonds is 7. The molecule has 2 amide bonds. The minimum atomic E-state index is -3.70. The Morgan fingerprint density at radius 3 is 2.53 bits per heavy atom. The number of amides is 2. The number of carbonyl (C=O) groups is 2. The molecule has 0 spiro atoms. The summed E-state index contributed by atoms with van der Waals surface area (Å²) in [6.45, 7) is 2.95. The van der Waals surface area contributed by atoms with Crippen molar-refractivity contribution in [3.8, 4) is 5.75 Å². The SMILES string of the molecule is CCOc1ccc(NC(=O)CN2C(=O)C3CCCCN3c3ccc(S(=O)(=O)N(C)C)cc32)cc1. The summed E-state index contributed by atoms with van der Waals surface area (Å²) in [5.41, 5.74) is 1.80. The molecular formula is C24H30N4O5S. The van der Waals surface area contributed by atoms with E-state index >= 15 is 0 Å². The predicted octanol–water partition coefficient (Wildman–Crippen LogP) is 2.68. The molecule has 1 N–H and O–H groups in total. The number of hydrogen-bond acceptors (Lipinski definition) is 6. The van der Waals surface area contributed by atoms with Crippen molar-refractivity contribution in [2.75, 3.05) is 48.9 Å². The molecule has 0 aromatic heterocycles. The maximum absolute atomic E-state index is 13.4. The quantitative estimate of drug-likeness (QED) is 0.646. The third kappa shape index (κ3) is 4.60. The molecule has 4 rings (SSSR count). The van der Waals surface area contributed by atoms with Crippen LogP contribution < -0.4 is 19.9 Å². The zero-order valence-corrected chi connectivity index (χ0v) is 20.5. The van der Waals surface area contributed by atoms with E-state index in [-0.39, 0.29) is 29.3 Å². The standard InChI is InChI=1S/C24H30N4O5S/c1-4-33-18-10-8-17(9-11-18)25-23(29)16-28-22-15-19(34(31,32)26(2)3)12-13-20(22)27-14-6-5-7-21(27)24(28)30/h8-13,15,21H,4-7,14,16H2,1-3H3,(H,25,29). The van der Waals surface area contributed by atoms with Crippen LogP contribution in [0.15, 0.2) is 47.4 Å². The van der Waals surface area contributed by atoms with Gasteiger partial charge in [0.05, 0.1) is 22.9 Å². The molecule has 10 heteroatoms. The van der Waals surface area contributed by atoms with E-state index in [1.807, 2.05) is 11.8 Å². The summed E-state index contributed by atoms with van der Waals surface area (Å²) in [5.74, 6) is 0.148. The fraction of sp³-hybridized carbons (Fsp3) is 0.417. The van der Waals surface area contributed by atoms with Crippen LogP contribution in [-0.4, -0.2) is 64.4 Å². The summed E-state index contributed by atoms with van der Waals surface area (Å²) in [6, 6.07) is 11.5. The van der Waals surface area contributed by atoms with Crippen LogP contribution >= 0.6 is 0 Å². The number of piperidine rings is 1. The van der Waals surface area contributed by atoms with Crippen molar-refractivity contribution in [3.63, 3.8) is 0 Å². The first kappa shape index (κ1) is 24.0. The van der Waals surface area contributed by atoms with Gasteiger partial charge in [0, 0.05) is 26.3 Å². The van der Waals surface area contributed by atoms with Gasteiger partial charge < -0.3 is 15.0 Å². The van der Waals surface area contributed by atoms with Crippen LogP contribution in [0.3, 0.4) is 0 Å². The van der Waals surface area contributed by atoms with Crippen LogP contribution in [0.1, 0.15) is 26.2 Å². The van der Waals surface area contributed by atoms with Crippen LogP contribution in [-0.2, 0) is 19.6 Å². The van der Waals surface area contributed by atoms with Gasteiger partial charge in [-0.05, 0) is 68.7 Å². The Balaban J connectivity index is 1.64. The minimum Gasteiger partial charge on any atom is -0.494 e. The third-order valence-electron chi connectivity index (χ3n) is 6.13. The van der Waals surface area contributed by atoms with Crippen LogP contribution in [0.5, 0.6) is 5.75 Å². The molecule has 0 radical (unpaired) electrons. The lowest BCUT2D eigenvalue weighted by Crippen LogP contribution is -2.56. The molecule has 0 saturated carbocycles. The summed E-state index contributed by atoms with van der Waals surface area (Å²) >= 11 is 0. The fourth-order valence-electron chi connectivity index (χ4n) is 4.42. The van der Waals surface area contributed by atoms with E-state index in [9.17, 15) is 18.0 Å². The maximum atomic E-state index is 13.4. The van der Waals surface area contributed by atoms with Gasteiger partial charge >= 0.3 is 0 Å². The van der Waals surface area contributed by atoms with Crippen molar-refractivity contribution in [2.24, 2.45) is 0 Å². The molecule has 1 unspecified atom stereocenters. The summed E-state index contributed by atoms with van der Waals surface area (Å²) in [5, 5.41) is 2.82. The third-order valence-corrected chi connectivity index (χ3v) is 7.94. The first-order valence-electron chi connectivity index (χ1n) is 11.4. The molecule has 2 heterocycles. The highest BCUT2D eigenvalue weighted by atomic mass is 32.2. The van der Waals surface area contributed by atoms with E-state index in [0.29, 0.717) is 30.2 Å².